The number of fused-ring (bicyclic) bond motifs is 1. The summed E-state index contributed by atoms with van der Waals surface area (Å²) >= 11 is 1.15. The normalized spacial score (nSPS) is 11.0. The van der Waals surface area contributed by atoms with Crippen molar-refractivity contribution in [3.8, 4) is 5.82 Å². The van der Waals surface area contributed by atoms with Crippen LogP contribution in [0.25, 0.3) is 16.7 Å². The summed E-state index contributed by atoms with van der Waals surface area (Å²) in [5, 5.41) is 7.28. The molecule has 1 aromatic carbocycles. The van der Waals surface area contributed by atoms with E-state index in [-0.39, 0.29) is 17.2 Å². The Morgan fingerprint density at radius 1 is 1.21 bits per heavy atom. The first-order valence-corrected chi connectivity index (χ1v) is 9.80. The number of carbonyl (C=O) groups is 1. The molecule has 146 valence electrons. The lowest BCUT2D eigenvalue weighted by Crippen LogP contribution is -2.23. The summed E-state index contributed by atoms with van der Waals surface area (Å²) < 4.78 is 6.38. The molecule has 8 nitrogen and oxygen atoms in total. The molecule has 29 heavy (non-hydrogen) atoms. The fourth-order valence-electron chi connectivity index (χ4n) is 2.79. The highest BCUT2D eigenvalue weighted by molar-refractivity contribution is 7.99. The lowest BCUT2D eigenvalue weighted by molar-refractivity contribution is -0.113. The van der Waals surface area contributed by atoms with Crippen LogP contribution in [0.3, 0.4) is 0 Å². The number of hydrogen-bond acceptors (Lipinski definition) is 7. The largest absolute Gasteiger partial charge is 0.360 e. The predicted octanol–water partition coefficient (Wildman–Crippen LogP) is 3.12. The number of thioether (sulfide) groups is 1. The lowest BCUT2D eigenvalue weighted by atomic mass is 10.2. The van der Waals surface area contributed by atoms with Gasteiger partial charge in [0.1, 0.15) is 11.6 Å². The second kappa shape index (κ2) is 7.88. The molecular weight excluding hydrogens is 390 g/mol. The van der Waals surface area contributed by atoms with Gasteiger partial charge in [-0.2, -0.15) is 0 Å². The first-order valence-electron chi connectivity index (χ1n) is 8.82. The molecule has 1 amide bonds. The van der Waals surface area contributed by atoms with E-state index >= 15 is 0 Å². The maximum absolute atomic E-state index is 13.1. The molecule has 0 fully saturated rings. The van der Waals surface area contributed by atoms with Gasteiger partial charge in [-0.15, -0.1) is 0 Å². The minimum Gasteiger partial charge on any atom is -0.360 e. The van der Waals surface area contributed by atoms with Crippen molar-refractivity contribution in [2.45, 2.75) is 19.0 Å². The Bertz CT molecular complexity index is 1260. The average Bonchev–Trinajstić information content (AvgIpc) is 3.11. The third-order valence-corrected chi connectivity index (χ3v) is 5.04. The van der Waals surface area contributed by atoms with Gasteiger partial charge < -0.3 is 9.84 Å². The summed E-state index contributed by atoms with van der Waals surface area (Å²) in [6.07, 6.45) is 1.64. The summed E-state index contributed by atoms with van der Waals surface area (Å²) in [5.74, 6) is 1.17. The van der Waals surface area contributed by atoms with Gasteiger partial charge in [0, 0.05) is 12.3 Å². The summed E-state index contributed by atoms with van der Waals surface area (Å²) in [4.78, 5) is 34.4. The number of amides is 1. The summed E-state index contributed by atoms with van der Waals surface area (Å²) in [6.45, 7) is 3.66. The number of rotatable bonds is 5. The minimum atomic E-state index is -0.283. The second-order valence-electron chi connectivity index (χ2n) is 6.40. The van der Waals surface area contributed by atoms with Gasteiger partial charge >= 0.3 is 0 Å². The zero-order valence-corrected chi connectivity index (χ0v) is 16.6. The number of nitrogens with zero attached hydrogens (tertiary/aromatic N) is 4. The van der Waals surface area contributed by atoms with E-state index in [1.54, 1.807) is 43.5 Å². The molecular formula is C20H17N5O3S. The Morgan fingerprint density at radius 3 is 2.79 bits per heavy atom. The van der Waals surface area contributed by atoms with Crippen molar-refractivity contribution in [3.05, 3.63) is 70.3 Å². The Hall–Kier alpha value is -3.46. The molecule has 0 atom stereocenters. The SMILES string of the molecule is Cc1ccnc(-n2c(SCC(=O)Nc3cc(C)on3)nc3ccccc3c2=O)c1. The van der Waals surface area contributed by atoms with E-state index in [1.165, 1.54) is 4.57 Å². The molecule has 0 bridgehead atoms. The third kappa shape index (κ3) is 4.04. The van der Waals surface area contributed by atoms with Crippen LogP contribution in [0.1, 0.15) is 11.3 Å². The predicted molar refractivity (Wildman–Crippen MR) is 110 cm³/mol. The second-order valence-corrected chi connectivity index (χ2v) is 7.35. The van der Waals surface area contributed by atoms with Gasteiger partial charge in [0.15, 0.2) is 11.0 Å². The molecule has 0 saturated heterocycles. The minimum absolute atomic E-state index is 0.0442. The summed E-state index contributed by atoms with van der Waals surface area (Å²) in [7, 11) is 0. The average molecular weight is 407 g/mol. The number of aromatic nitrogens is 4. The van der Waals surface area contributed by atoms with Gasteiger partial charge in [-0.05, 0) is 43.7 Å². The van der Waals surface area contributed by atoms with Crippen LogP contribution in [0.4, 0.5) is 5.82 Å². The van der Waals surface area contributed by atoms with E-state index in [4.69, 9.17) is 4.52 Å². The van der Waals surface area contributed by atoms with Crippen molar-refractivity contribution < 1.29 is 9.32 Å². The molecule has 0 spiro atoms. The van der Waals surface area contributed by atoms with Crippen LogP contribution in [0.15, 0.2) is 63.1 Å². The van der Waals surface area contributed by atoms with Crippen LogP contribution in [0, 0.1) is 13.8 Å². The Balaban J connectivity index is 1.69. The summed E-state index contributed by atoms with van der Waals surface area (Å²) in [5.41, 5.74) is 1.30. The van der Waals surface area contributed by atoms with Crippen LogP contribution in [-0.2, 0) is 4.79 Å². The quantitative estimate of drug-likeness (QED) is 0.400. The van der Waals surface area contributed by atoms with Gasteiger partial charge in [-0.1, -0.05) is 29.1 Å². The molecule has 3 heterocycles. The van der Waals surface area contributed by atoms with Crippen molar-refractivity contribution in [3.63, 3.8) is 0 Å². The highest BCUT2D eigenvalue weighted by Crippen LogP contribution is 2.21. The molecule has 4 aromatic rings. The maximum atomic E-state index is 13.1. The van der Waals surface area contributed by atoms with Crippen molar-refractivity contribution in [1.29, 1.82) is 0 Å². The molecule has 0 aliphatic rings. The topological polar surface area (TPSA) is 103 Å². The highest BCUT2D eigenvalue weighted by atomic mass is 32.2. The van der Waals surface area contributed by atoms with Gasteiger partial charge in [0.05, 0.1) is 16.7 Å². The van der Waals surface area contributed by atoms with Gasteiger partial charge in [-0.25, -0.2) is 14.5 Å². The number of nitrogens with one attached hydrogen (secondary N) is 1. The van der Waals surface area contributed by atoms with Crippen LogP contribution < -0.4 is 10.9 Å². The Labute approximate surface area is 170 Å². The van der Waals surface area contributed by atoms with E-state index in [9.17, 15) is 9.59 Å². The van der Waals surface area contributed by atoms with Crippen LogP contribution >= 0.6 is 11.8 Å². The number of carbonyl (C=O) groups excluding carboxylic acids is 1. The fourth-order valence-corrected chi connectivity index (χ4v) is 3.59. The molecule has 9 heteroatoms. The van der Waals surface area contributed by atoms with Crippen molar-refractivity contribution in [2.24, 2.45) is 0 Å². The van der Waals surface area contributed by atoms with Crippen molar-refractivity contribution in [1.82, 2.24) is 19.7 Å². The zero-order chi connectivity index (χ0) is 20.4. The molecule has 0 saturated carbocycles. The third-order valence-electron chi connectivity index (χ3n) is 4.10. The zero-order valence-electron chi connectivity index (χ0n) is 15.7. The first-order chi connectivity index (χ1) is 14.0. The number of para-hydroxylation sites is 1. The summed E-state index contributed by atoms with van der Waals surface area (Å²) in [6, 6.07) is 12.4. The van der Waals surface area contributed by atoms with Crippen molar-refractivity contribution >= 4 is 34.4 Å². The van der Waals surface area contributed by atoms with Crippen LogP contribution in [0.5, 0.6) is 0 Å². The van der Waals surface area contributed by atoms with E-state index in [0.717, 1.165) is 17.3 Å². The molecule has 4 rings (SSSR count). The number of aryl methyl sites for hydroxylation is 2. The van der Waals surface area contributed by atoms with E-state index in [1.807, 2.05) is 19.1 Å². The Kier molecular flexibility index (Phi) is 5.13. The van der Waals surface area contributed by atoms with Gasteiger partial charge in [0.2, 0.25) is 5.91 Å². The monoisotopic (exact) mass is 407 g/mol. The number of anilines is 1. The van der Waals surface area contributed by atoms with Gasteiger partial charge in [0.25, 0.3) is 5.56 Å². The van der Waals surface area contributed by atoms with Crippen LogP contribution in [-0.4, -0.2) is 31.4 Å². The Morgan fingerprint density at radius 2 is 2.03 bits per heavy atom. The maximum Gasteiger partial charge on any atom is 0.267 e. The molecule has 1 N–H and O–H groups in total. The fraction of sp³-hybridized carbons (Fsp3) is 0.150. The van der Waals surface area contributed by atoms with Gasteiger partial charge in [-0.3, -0.25) is 9.59 Å². The van der Waals surface area contributed by atoms with E-state index in [0.29, 0.717) is 33.5 Å². The highest BCUT2D eigenvalue weighted by Gasteiger charge is 2.16. The first kappa shape index (κ1) is 18.9. The van der Waals surface area contributed by atoms with E-state index < -0.39 is 0 Å². The molecule has 0 unspecified atom stereocenters. The number of benzene rings is 1. The molecule has 0 aliphatic heterocycles. The lowest BCUT2D eigenvalue weighted by Gasteiger charge is -2.12. The number of pyridine rings is 1. The molecule has 3 aromatic heterocycles. The number of hydrogen-bond donors (Lipinski definition) is 1. The van der Waals surface area contributed by atoms with Crippen LogP contribution in [0.2, 0.25) is 0 Å². The van der Waals surface area contributed by atoms with E-state index in [2.05, 4.69) is 20.4 Å². The van der Waals surface area contributed by atoms with Crippen molar-refractivity contribution in [2.75, 3.05) is 11.1 Å². The molecule has 0 radical (unpaired) electrons. The smallest absolute Gasteiger partial charge is 0.267 e. The molecule has 0 aliphatic carbocycles. The standard InChI is InChI=1S/C20H17N5O3S/c1-12-7-8-21-17(9-12)25-19(27)14-5-3-4-6-15(14)22-20(25)29-11-18(26)23-16-10-13(2)28-24-16/h3-10H,11H2,1-2H3,(H,23,24,26).